The van der Waals surface area contributed by atoms with Crippen LogP contribution in [0.1, 0.15) is 65.5 Å². The normalized spacial score (nSPS) is 17.8. The molecule has 0 radical (unpaired) electrons. The van der Waals surface area contributed by atoms with E-state index in [-0.39, 0.29) is 68.0 Å². The predicted molar refractivity (Wildman–Crippen MR) is 164 cm³/mol. The lowest BCUT2D eigenvalue weighted by Crippen LogP contribution is -2.32. The van der Waals surface area contributed by atoms with Crippen LogP contribution in [-0.2, 0) is 49.5 Å². The fourth-order valence-electron chi connectivity index (χ4n) is 5.34. The van der Waals surface area contributed by atoms with Gasteiger partial charge in [0.15, 0.2) is 0 Å². The number of nitrogens with zero attached hydrogens (tertiary/aromatic N) is 4. The summed E-state index contributed by atoms with van der Waals surface area (Å²) in [6.45, 7) is 12.6. The third-order valence-electron chi connectivity index (χ3n) is 8.22. The summed E-state index contributed by atoms with van der Waals surface area (Å²) in [4.78, 5) is 65.0. The van der Waals surface area contributed by atoms with E-state index in [9.17, 15) is 24.0 Å². The Morgan fingerprint density at radius 2 is 1.20 bits per heavy atom. The summed E-state index contributed by atoms with van der Waals surface area (Å²) < 4.78 is 23.8. The predicted octanol–water partition coefficient (Wildman–Crippen LogP) is 2.27. The van der Waals surface area contributed by atoms with E-state index in [1.54, 1.807) is 9.58 Å². The fraction of sp³-hybridized carbons (Fsp3) is 0.781. The minimum atomic E-state index is -0.675. The molecule has 4 atom stereocenters. The molecular weight excluding hydrogens is 584 g/mol. The molecule has 1 aromatic rings. The molecule has 1 saturated heterocycles. The first-order valence-corrected chi connectivity index (χ1v) is 16.1. The van der Waals surface area contributed by atoms with Crippen molar-refractivity contribution in [3.05, 3.63) is 11.9 Å². The van der Waals surface area contributed by atoms with Gasteiger partial charge in [0.05, 0.1) is 71.5 Å². The minimum absolute atomic E-state index is 0.0544. The molecule has 1 aliphatic rings. The zero-order valence-electron chi connectivity index (χ0n) is 27.7. The number of aromatic nitrogens is 3. The van der Waals surface area contributed by atoms with E-state index in [0.29, 0.717) is 65.6 Å². The Bertz CT molecular complexity index is 1050. The summed E-state index contributed by atoms with van der Waals surface area (Å²) in [6.07, 6.45) is 3.14. The van der Waals surface area contributed by atoms with Gasteiger partial charge in [0.2, 0.25) is 5.91 Å². The standard InChI is InChI=1S/C32H52N4O9/c1-6-26(24(4)37)18-30(39)28-21-35(22-29(28)31(40)19-27(7-2)25(5)38)32(41)8-10-42-12-14-44-16-17-45-15-13-43-11-9-36-20-23(3)33-34-36/h20,26-29H,6-19,21-22H2,1-5H3. The lowest BCUT2D eigenvalue weighted by atomic mass is 9.80. The van der Waals surface area contributed by atoms with E-state index in [2.05, 4.69) is 10.3 Å². The monoisotopic (exact) mass is 636 g/mol. The summed E-state index contributed by atoms with van der Waals surface area (Å²) >= 11 is 0. The van der Waals surface area contributed by atoms with Crippen molar-refractivity contribution in [1.82, 2.24) is 19.9 Å². The van der Waals surface area contributed by atoms with Gasteiger partial charge in [-0.3, -0.25) is 24.0 Å². The first kappa shape index (κ1) is 38.3. The quantitative estimate of drug-likeness (QED) is 0.145. The van der Waals surface area contributed by atoms with Crippen molar-refractivity contribution < 1.29 is 42.9 Å². The second-order valence-electron chi connectivity index (χ2n) is 11.6. The first-order valence-electron chi connectivity index (χ1n) is 16.1. The van der Waals surface area contributed by atoms with Gasteiger partial charge in [-0.25, -0.2) is 4.68 Å². The molecule has 13 nitrogen and oxygen atoms in total. The van der Waals surface area contributed by atoms with Crippen LogP contribution >= 0.6 is 0 Å². The molecule has 2 rings (SSSR count). The van der Waals surface area contributed by atoms with Crippen molar-refractivity contribution in [2.24, 2.45) is 23.7 Å². The second-order valence-corrected chi connectivity index (χ2v) is 11.6. The molecule has 0 N–H and O–H groups in total. The van der Waals surface area contributed by atoms with Crippen molar-refractivity contribution in [2.45, 2.75) is 73.3 Å². The molecule has 254 valence electrons. The van der Waals surface area contributed by atoms with Crippen molar-refractivity contribution in [1.29, 1.82) is 0 Å². The lowest BCUT2D eigenvalue weighted by molar-refractivity contribution is -0.134. The number of carbonyl (C=O) groups is 5. The molecule has 0 bridgehead atoms. The van der Waals surface area contributed by atoms with Crippen LogP contribution in [-0.4, -0.2) is 115 Å². The van der Waals surface area contributed by atoms with Crippen LogP contribution in [0.3, 0.4) is 0 Å². The molecule has 0 aromatic carbocycles. The highest BCUT2D eigenvalue weighted by atomic mass is 16.6. The maximum Gasteiger partial charge on any atom is 0.224 e. The molecule has 1 amide bonds. The number of hydrogen-bond acceptors (Lipinski definition) is 11. The number of carbonyl (C=O) groups excluding carboxylic acids is 5. The average molecular weight is 637 g/mol. The van der Waals surface area contributed by atoms with E-state index in [4.69, 9.17) is 18.9 Å². The van der Waals surface area contributed by atoms with Crippen LogP contribution in [0.15, 0.2) is 6.20 Å². The third-order valence-corrected chi connectivity index (χ3v) is 8.22. The van der Waals surface area contributed by atoms with Gasteiger partial charge in [-0.05, 0) is 33.6 Å². The molecule has 45 heavy (non-hydrogen) atoms. The number of ketones is 4. The topological polar surface area (TPSA) is 156 Å². The maximum absolute atomic E-state index is 13.3. The molecule has 0 saturated carbocycles. The molecule has 1 aromatic heterocycles. The van der Waals surface area contributed by atoms with Crippen LogP contribution in [0.4, 0.5) is 0 Å². The zero-order chi connectivity index (χ0) is 33.2. The third kappa shape index (κ3) is 14.0. The average Bonchev–Trinajstić information content (AvgIpc) is 3.64. The van der Waals surface area contributed by atoms with Crippen LogP contribution in [0.5, 0.6) is 0 Å². The lowest BCUT2D eigenvalue weighted by Gasteiger charge is -2.20. The van der Waals surface area contributed by atoms with Crippen molar-refractivity contribution in [3.8, 4) is 0 Å². The van der Waals surface area contributed by atoms with E-state index < -0.39 is 23.7 Å². The van der Waals surface area contributed by atoms with Gasteiger partial charge in [0, 0.05) is 55.8 Å². The summed E-state index contributed by atoms with van der Waals surface area (Å²) in [5, 5.41) is 7.87. The van der Waals surface area contributed by atoms with Crippen molar-refractivity contribution >= 4 is 29.0 Å². The van der Waals surface area contributed by atoms with Gasteiger partial charge >= 0.3 is 0 Å². The summed E-state index contributed by atoms with van der Waals surface area (Å²) in [7, 11) is 0. The Morgan fingerprint density at radius 3 is 1.60 bits per heavy atom. The Morgan fingerprint density at radius 1 is 0.756 bits per heavy atom. The first-order chi connectivity index (χ1) is 21.6. The van der Waals surface area contributed by atoms with E-state index in [1.807, 2.05) is 27.0 Å². The Kier molecular flexibility index (Phi) is 17.9. The van der Waals surface area contributed by atoms with Gasteiger partial charge in [-0.1, -0.05) is 19.1 Å². The number of Topliss-reactive ketones (excluding diaryl/α,β-unsaturated/α-hetero) is 4. The van der Waals surface area contributed by atoms with Gasteiger partial charge in [0.25, 0.3) is 0 Å². The molecule has 13 heteroatoms. The highest BCUT2D eigenvalue weighted by molar-refractivity contribution is 5.95. The second kappa shape index (κ2) is 21.0. The Labute approximate surface area is 266 Å². The fourth-order valence-corrected chi connectivity index (χ4v) is 5.34. The summed E-state index contributed by atoms with van der Waals surface area (Å²) in [6, 6.07) is 0. The van der Waals surface area contributed by atoms with Crippen LogP contribution < -0.4 is 0 Å². The molecular formula is C32H52N4O9. The van der Waals surface area contributed by atoms with Crippen LogP contribution in [0.25, 0.3) is 0 Å². The highest BCUT2D eigenvalue weighted by Crippen LogP contribution is 2.31. The molecule has 2 heterocycles. The maximum atomic E-state index is 13.3. The summed E-state index contributed by atoms with van der Waals surface area (Å²) in [5.41, 5.74) is 0.867. The van der Waals surface area contributed by atoms with E-state index >= 15 is 0 Å². The smallest absolute Gasteiger partial charge is 0.224 e. The number of rotatable bonds is 25. The van der Waals surface area contributed by atoms with E-state index in [1.165, 1.54) is 13.8 Å². The molecule has 0 spiro atoms. The molecule has 0 aliphatic carbocycles. The van der Waals surface area contributed by atoms with Crippen molar-refractivity contribution in [3.63, 3.8) is 0 Å². The Hall–Kier alpha value is -2.87. The zero-order valence-corrected chi connectivity index (χ0v) is 27.7. The van der Waals surface area contributed by atoms with Gasteiger partial charge in [-0.2, -0.15) is 0 Å². The number of amides is 1. The minimum Gasteiger partial charge on any atom is -0.379 e. The van der Waals surface area contributed by atoms with Crippen molar-refractivity contribution in [2.75, 3.05) is 65.9 Å². The van der Waals surface area contributed by atoms with Gasteiger partial charge in [-0.15, -0.1) is 5.10 Å². The van der Waals surface area contributed by atoms with Gasteiger partial charge in [0.1, 0.15) is 23.1 Å². The molecule has 4 unspecified atom stereocenters. The largest absolute Gasteiger partial charge is 0.379 e. The number of hydrogen-bond donors (Lipinski definition) is 0. The van der Waals surface area contributed by atoms with Crippen LogP contribution in [0.2, 0.25) is 0 Å². The van der Waals surface area contributed by atoms with Gasteiger partial charge < -0.3 is 23.8 Å². The van der Waals surface area contributed by atoms with E-state index in [0.717, 1.165) is 5.69 Å². The molecule has 1 aliphatic heterocycles. The Balaban J connectivity index is 1.66. The number of ether oxygens (including phenoxy) is 4. The number of likely N-dealkylation sites (tertiary alicyclic amines) is 1. The summed E-state index contributed by atoms with van der Waals surface area (Å²) in [5.74, 6) is -2.83. The number of aryl methyl sites for hydroxylation is 1. The molecule has 1 fully saturated rings. The van der Waals surface area contributed by atoms with Crippen LogP contribution in [0, 0.1) is 30.6 Å². The highest BCUT2D eigenvalue weighted by Gasteiger charge is 2.43. The SMILES string of the molecule is CCC(CC(=O)C1CN(C(=O)CCOCCOCCOCCOCCn2cc(C)nn2)CC1C(=O)CC(CC)C(C)=O)C(C)=O.